The molecule has 5 rings (SSSR count). The summed E-state index contributed by atoms with van der Waals surface area (Å²) in [4.78, 5) is 6.33. The topological polar surface area (TPSA) is 21.6 Å². The molecule has 0 fully saturated rings. The van der Waals surface area contributed by atoms with Crippen LogP contribution in [0.15, 0.2) is 88.8 Å². The van der Waals surface area contributed by atoms with Gasteiger partial charge in [-0.2, -0.15) is 0 Å². The Morgan fingerprint density at radius 3 is 2.52 bits per heavy atom. The van der Waals surface area contributed by atoms with Gasteiger partial charge in [-0.1, -0.05) is 54.6 Å². The van der Waals surface area contributed by atoms with Crippen LogP contribution in [0.1, 0.15) is 16.4 Å². The van der Waals surface area contributed by atoms with Gasteiger partial charge >= 0.3 is 0 Å². The molecule has 3 heteroatoms. The zero-order valence-corrected chi connectivity index (χ0v) is 14.4. The van der Waals surface area contributed by atoms with E-state index in [1.54, 1.807) is 0 Å². The second-order valence-electron chi connectivity index (χ2n) is 6.33. The van der Waals surface area contributed by atoms with Crippen LogP contribution >= 0.6 is 11.8 Å². The highest BCUT2D eigenvalue weighted by atomic mass is 32.2. The van der Waals surface area contributed by atoms with E-state index in [2.05, 4.69) is 66.7 Å². The Labute approximate surface area is 151 Å². The summed E-state index contributed by atoms with van der Waals surface area (Å²) in [6, 6.07) is 27.4. The van der Waals surface area contributed by atoms with Gasteiger partial charge in [0.25, 0.3) is 0 Å². The van der Waals surface area contributed by atoms with E-state index in [4.69, 9.17) is 9.73 Å². The van der Waals surface area contributed by atoms with Crippen LogP contribution in [0.2, 0.25) is 0 Å². The lowest BCUT2D eigenvalue weighted by molar-refractivity contribution is 0.271. The molecule has 0 amide bonds. The van der Waals surface area contributed by atoms with E-state index in [1.165, 1.54) is 10.5 Å². The molecule has 0 saturated carbocycles. The van der Waals surface area contributed by atoms with Gasteiger partial charge in [-0.3, -0.25) is 4.99 Å². The molecule has 0 bridgehead atoms. The van der Waals surface area contributed by atoms with E-state index in [0.29, 0.717) is 6.61 Å². The lowest BCUT2D eigenvalue weighted by Crippen LogP contribution is -2.31. The first kappa shape index (κ1) is 14.8. The number of rotatable bonds is 1. The van der Waals surface area contributed by atoms with Gasteiger partial charge in [-0.25, -0.2) is 0 Å². The monoisotopic (exact) mass is 343 g/mol. The van der Waals surface area contributed by atoms with E-state index in [1.807, 2.05) is 23.9 Å². The van der Waals surface area contributed by atoms with Crippen molar-refractivity contribution in [2.24, 2.45) is 10.9 Å². The van der Waals surface area contributed by atoms with Crippen molar-refractivity contribution < 1.29 is 4.74 Å². The number of hydrogen-bond acceptors (Lipinski definition) is 3. The fourth-order valence-electron chi connectivity index (χ4n) is 3.58. The molecule has 0 radical (unpaired) electrons. The van der Waals surface area contributed by atoms with Crippen molar-refractivity contribution in [1.29, 1.82) is 0 Å². The van der Waals surface area contributed by atoms with Crippen LogP contribution in [0, 0.1) is 5.92 Å². The Kier molecular flexibility index (Phi) is 3.60. The number of benzene rings is 3. The first-order valence-corrected chi connectivity index (χ1v) is 9.39. The summed E-state index contributed by atoms with van der Waals surface area (Å²) in [5, 5.41) is 0.289. The third kappa shape index (κ3) is 2.56. The molecule has 0 spiro atoms. The fourth-order valence-corrected chi connectivity index (χ4v) is 4.91. The summed E-state index contributed by atoms with van der Waals surface area (Å²) in [5.41, 5.74) is 4.65. The molecule has 25 heavy (non-hydrogen) atoms. The Balaban J connectivity index is 1.72. The van der Waals surface area contributed by atoms with Gasteiger partial charge in [-0.15, -0.1) is 11.8 Å². The standard InChI is InChI=1S/C22H17NOS/c1-2-8-15(9-3-1)22-17-14-24-19-12-6-4-10-16(19)21(17)23-18-11-5-7-13-20(18)25-22/h1-13,17,22H,14H2/t17-,22+/m0/s1. The highest BCUT2D eigenvalue weighted by Crippen LogP contribution is 2.50. The first-order valence-electron chi connectivity index (χ1n) is 8.51. The minimum Gasteiger partial charge on any atom is -0.492 e. The molecule has 0 unspecified atom stereocenters. The van der Waals surface area contributed by atoms with Gasteiger partial charge in [0, 0.05) is 15.7 Å². The summed E-state index contributed by atoms with van der Waals surface area (Å²) in [6.45, 7) is 0.663. The molecule has 2 aliphatic rings. The van der Waals surface area contributed by atoms with Crippen LogP contribution in [0.5, 0.6) is 5.75 Å². The zero-order valence-electron chi connectivity index (χ0n) is 13.6. The van der Waals surface area contributed by atoms with Crippen molar-refractivity contribution >= 4 is 23.2 Å². The van der Waals surface area contributed by atoms with Crippen molar-refractivity contribution in [3.05, 3.63) is 90.0 Å². The van der Waals surface area contributed by atoms with Gasteiger partial charge in [0.1, 0.15) is 5.75 Å². The SMILES string of the molecule is c1ccc([C@H]2Sc3ccccc3N=C3c4ccccc4OC[C@@H]32)cc1. The van der Waals surface area contributed by atoms with E-state index in [9.17, 15) is 0 Å². The molecule has 0 saturated heterocycles. The maximum absolute atomic E-state index is 6.10. The number of fused-ring (bicyclic) bond motifs is 4. The normalized spacial score (nSPS) is 21.0. The number of nitrogens with zero attached hydrogens (tertiary/aromatic N) is 1. The van der Waals surface area contributed by atoms with E-state index in [-0.39, 0.29) is 11.2 Å². The Bertz CT molecular complexity index is 951. The number of hydrogen-bond donors (Lipinski definition) is 0. The highest BCUT2D eigenvalue weighted by molar-refractivity contribution is 7.99. The van der Waals surface area contributed by atoms with Gasteiger partial charge in [0.15, 0.2) is 0 Å². The Morgan fingerprint density at radius 1 is 0.840 bits per heavy atom. The molecule has 2 nitrogen and oxygen atoms in total. The van der Waals surface area contributed by atoms with Gasteiger partial charge < -0.3 is 4.74 Å². The minimum absolute atomic E-state index is 0.231. The van der Waals surface area contributed by atoms with Crippen LogP contribution in [-0.2, 0) is 0 Å². The molecule has 122 valence electrons. The largest absolute Gasteiger partial charge is 0.492 e. The summed E-state index contributed by atoms with van der Waals surface area (Å²) in [7, 11) is 0. The van der Waals surface area contributed by atoms with E-state index >= 15 is 0 Å². The molecular weight excluding hydrogens is 326 g/mol. The lowest BCUT2D eigenvalue weighted by Gasteiger charge is -2.31. The van der Waals surface area contributed by atoms with Crippen molar-refractivity contribution in [2.75, 3.05) is 6.61 Å². The van der Waals surface area contributed by atoms with Gasteiger partial charge in [-0.05, 0) is 29.8 Å². The van der Waals surface area contributed by atoms with Gasteiger partial charge in [0.2, 0.25) is 0 Å². The zero-order chi connectivity index (χ0) is 16.6. The van der Waals surface area contributed by atoms with Crippen LogP contribution in [0.4, 0.5) is 5.69 Å². The third-order valence-corrected chi connectivity index (χ3v) is 6.24. The molecule has 2 heterocycles. The molecule has 3 aromatic carbocycles. The van der Waals surface area contributed by atoms with Crippen LogP contribution in [0.3, 0.4) is 0 Å². The van der Waals surface area contributed by atoms with Crippen molar-refractivity contribution in [2.45, 2.75) is 10.1 Å². The predicted molar refractivity (Wildman–Crippen MR) is 103 cm³/mol. The molecular formula is C22H17NOS. The van der Waals surface area contributed by atoms with Crippen LogP contribution in [-0.4, -0.2) is 12.3 Å². The average molecular weight is 343 g/mol. The number of ether oxygens (including phenoxy) is 1. The Hall–Kier alpha value is -2.52. The summed E-state index contributed by atoms with van der Waals surface area (Å²) >= 11 is 1.90. The summed E-state index contributed by atoms with van der Waals surface area (Å²) < 4.78 is 6.10. The molecule has 0 aliphatic carbocycles. The molecule has 3 aromatic rings. The lowest BCUT2D eigenvalue weighted by atomic mass is 9.88. The van der Waals surface area contributed by atoms with Gasteiger partial charge in [0.05, 0.1) is 23.9 Å². The smallest absolute Gasteiger partial charge is 0.128 e. The van der Waals surface area contributed by atoms with E-state index < -0.39 is 0 Å². The third-order valence-electron chi connectivity index (χ3n) is 4.79. The average Bonchev–Trinajstić information content (AvgIpc) is 2.85. The summed E-state index contributed by atoms with van der Waals surface area (Å²) in [6.07, 6.45) is 0. The van der Waals surface area contributed by atoms with Crippen LogP contribution in [0.25, 0.3) is 0 Å². The van der Waals surface area contributed by atoms with Crippen molar-refractivity contribution in [3.63, 3.8) is 0 Å². The summed E-state index contributed by atoms with van der Waals surface area (Å²) in [5.74, 6) is 1.17. The fraction of sp³-hybridized carbons (Fsp3) is 0.136. The predicted octanol–water partition coefficient (Wildman–Crippen LogP) is 5.66. The van der Waals surface area contributed by atoms with Crippen LogP contribution < -0.4 is 4.74 Å². The highest BCUT2D eigenvalue weighted by Gasteiger charge is 2.36. The van der Waals surface area contributed by atoms with Crippen molar-refractivity contribution in [3.8, 4) is 5.75 Å². The second-order valence-corrected chi connectivity index (χ2v) is 7.51. The molecule has 2 atom stereocenters. The maximum Gasteiger partial charge on any atom is 0.128 e. The minimum atomic E-state index is 0.231. The molecule has 0 aromatic heterocycles. The molecule has 0 N–H and O–H groups in total. The Morgan fingerprint density at radius 2 is 1.60 bits per heavy atom. The number of para-hydroxylation sites is 2. The van der Waals surface area contributed by atoms with Crippen molar-refractivity contribution in [1.82, 2.24) is 0 Å². The molecule has 2 aliphatic heterocycles. The first-order chi connectivity index (χ1) is 12.4. The quantitative estimate of drug-likeness (QED) is 0.568. The number of aliphatic imine (C=N–C) groups is 1. The number of thioether (sulfide) groups is 1. The second kappa shape index (κ2) is 6.08. The van der Waals surface area contributed by atoms with E-state index in [0.717, 1.165) is 22.7 Å². The maximum atomic E-state index is 6.10.